The Hall–Kier alpha value is -1.49. The van der Waals surface area contributed by atoms with Gasteiger partial charge in [-0.05, 0) is 49.3 Å². The molecule has 1 aliphatic heterocycles. The Labute approximate surface area is 129 Å². The second kappa shape index (κ2) is 8.08. The molecule has 0 radical (unpaired) electrons. The van der Waals surface area contributed by atoms with Crippen molar-refractivity contribution in [2.24, 2.45) is 0 Å². The van der Waals surface area contributed by atoms with Gasteiger partial charge in [-0.15, -0.1) is 11.8 Å². The summed E-state index contributed by atoms with van der Waals surface area (Å²) in [5.41, 5.74) is 0. The number of likely N-dealkylation sites (tertiary alicyclic amines) is 1. The van der Waals surface area contributed by atoms with Gasteiger partial charge in [0, 0.05) is 24.3 Å². The van der Waals surface area contributed by atoms with Crippen LogP contribution < -0.4 is 4.74 Å². The number of benzene rings is 1. The van der Waals surface area contributed by atoms with Gasteiger partial charge in [-0.25, -0.2) is 0 Å². The molecule has 21 heavy (non-hydrogen) atoms. The molecule has 1 heterocycles. The molecule has 0 aliphatic carbocycles. The van der Waals surface area contributed by atoms with E-state index in [1.54, 1.807) is 18.9 Å². The predicted octanol–water partition coefficient (Wildman–Crippen LogP) is 3.11. The van der Waals surface area contributed by atoms with Gasteiger partial charge in [0.15, 0.2) is 0 Å². The molecule has 1 aliphatic rings. The Morgan fingerprint density at radius 2 is 1.76 bits per heavy atom. The van der Waals surface area contributed by atoms with E-state index in [0.29, 0.717) is 25.8 Å². The average Bonchev–Trinajstić information content (AvgIpc) is 2.50. The molecule has 4 nitrogen and oxygen atoms in total. The fourth-order valence-electron chi connectivity index (χ4n) is 2.28. The third kappa shape index (κ3) is 4.77. The molecule has 2 rings (SSSR count). The van der Waals surface area contributed by atoms with Crippen molar-refractivity contribution < 1.29 is 14.3 Å². The number of ether oxygens (including phenoxy) is 1. The lowest BCUT2D eigenvalue weighted by Gasteiger charge is -2.24. The van der Waals surface area contributed by atoms with Crippen molar-refractivity contribution in [1.82, 2.24) is 4.90 Å². The maximum Gasteiger partial charge on any atom is 0.229 e. The Morgan fingerprint density at radius 1 is 1.10 bits per heavy atom. The summed E-state index contributed by atoms with van der Waals surface area (Å²) in [5, 5.41) is 0. The van der Waals surface area contributed by atoms with Gasteiger partial charge >= 0.3 is 0 Å². The van der Waals surface area contributed by atoms with Crippen LogP contribution in [-0.4, -0.2) is 36.1 Å². The molecule has 0 saturated carbocycles. The maximum atomic E-state index is 11.6. The Balaban J connectivity index is 1.65. The Morgan fingerprint density at radius 3 is 2.38 bits per heavy atom. The standard InChI is InChI=1S/C16H21NO3S/c1-20-13-7-9-14(10-8-13)21-12-3-2-11-17-15(18)5-4-6-16(17)19/h7-10H,2-6,11-12H2,1H3. The zero-order valence-electron chi connectivity index (χ0n) is 12.3. The third-order valence-electron chi connectivity index (χ3n) is 3.49. The highest BCUT2D eigenvalue weighted by Crippen LogP contribution is 2.22. The highest BCUT2D eigenvalue weighted by Gasteiger charge is 2.24. The first-order valence-corrected chi connectivity index (χ1v) is 8.29. The van der Waals surface area contributed by atoms with E-state index in [4.69, 9.17) is 4.74 Å². The van der Waals surface area contributed by atoms with Crippen LogP contribution in [0.4, 0.5) is 0 Å². The van der Waals surface area contributed by atoms with E-state index < -0.39 is 0 Å². The predicted molar refractivity (Wildman–Crippen MR) is 83.5 cm³/mol. The van der Waals surface area contributed by atoms with E-state index in [0.717, 1.165) is 24.3 Å². The van der Waals surface area contributed by atoms with Crippen molar-refractivity contribution in [3.05, 3.63) is 24.3 Å². The topological polar surface area (TPSA) is 46.6 Å². The SMILES string of the molecule is COc1ccc(SCCCCN2C(=O)CCCC2=O)cc1. The normalized spacial score (nSPS) is 15.4. The fraction of sp³-hybridized carbons (Fsp3) is 0.500. The van der Waals surface area contributed by atoms with Crippen molar-refractivity contribution in [3.63, 3.8) is 0 Å². The van der Waals surface area contributed by atoms with Crippen LogP contribution in [0.15, 0.2) is 29.2 Å². The minimum absolute atomic E-state index is 0.00550. The fourth-order valence-corrected chi connectivity index (χ4v) is 3.20. The number of hydrogen-bond donors (Lipinski definition) is 0. The number of rotatable bonds is 7. The Bertz CT molecular complexity index is 471. The number of carbonyl (C=O) groups excluding carboxylic acids is 2. The molecule has 1 aromatic rings. The van der Waals surface area contributed by atoms with Crippen LogP contribution in [0.2, 0.25) is 0 Å². The molecule has 0 spiro atoms. The first-order chi connectivity index (χ1) is 10.2. The third-order valence-corrected chi connectivity index (χ3v) is 4.59. The minimum atomic E-state index is -0.00550. The van der Waals surface area contributed by atoms with Gasteiger partial charge in [0.1, 0.15) is 5.75 Å². The van der Waals surface area contributed by atoms with Crippen LogP contribution in [0.1, 0.15) is 32.1 Å². The van der Waals surface area contributed by atoms with Crippen molar-refractivity contribution in [2.45, 2.75) is 37.0 Å². The molecule has 2 amide bonds. The van der Waals surface area contributed by atoms with Crippen molar-refractivity contribution in [2.75, 3.05) is 19.4 Å². The molecule has 0 N–H and O–H groups in total. The molecule has 1 saturated heterocycles. The summed E-state index contributed by atoms with van der Waals surface area (Å²) >= 11 is 1.78. The summed E-state index contributed by atoms with van der Waals surface area (Å²) in [5.74, 6) is 1.84. The number of thioether (sulfide) groups is 1. The number of piperidine rings is 1. The van der Waals surface area contributed by atoms with Crippen LogP contribution in [0.5, 0.6) is 5.75 Å². The summed E-state index contributed by atoms with van der Waals surface area (Å²) < 4.78 is 5.12. The lowest BCUT2D eigenvalue weighted by atomic mass is 10.1. The van der Waals surface area contributed by atoms with E-state index in [9.17, 15) is 9.59 Å². The smallest absolute Gasteiger partial charge is 0.229 e. The molecule has 1 aromatic carbocycles. The van der Waals surface area contributed by atoms with E-state index >= 15 is 0 Å². The largest absolute Gasteiger partial charge is 0.497 e. The molecule has 5 heteroatoms. The van der Waals surface area contributed by atoms with E-state index in [1.165, 1.54) is 9.80 Å². The van der Waals surface area contributed by atoms with Gasteiger partial charge < -0.3 is 4.74 Å². The first kappa shape index (κ1) is 15.9. The molecule has 0 unspecified atom stereocenters. The second-order valence-corrected chi connectivity index (χ2v) is 6.19. The quantitative estimate of drug-likeness (QED) is 0.441. The molecular weight excluding hydrogens is 286 g/mol. The van der Waals surface area contributed by atoms with Gasteiger partial charge in [0.05, 0.1) is 7.11 Å². The number of amides is 2. The number of methoxy groups -OCH3 is 1. The Kier molecular flexibility index (Phi) is 6.11. The summed E-state index contributed by atoms with van der Waals surface area (Å²) in [4.78, 5) is 25.9. The van der Waals surface area contributed by atoms with E-state index in [-0.39, 0.29) is 11.8 Å². The van der Waals surface area contributed by atoms with Crippen LogP contribution >= 0.6 is 11.8 Å². The van der Waals surface area contributed by atoms with Crippen LogP contribution in [0, 0.1) is 0 Å². The highest BCUT2D eigenvalue weighted by atomic mass is 32.2. The molecule has 114 valence electrons. The summed E-state index contributed by atoms with van der Waals surface area (Å²) in [6.07, 6.45) is 3.62. The molecule has 0 bridgehead atoms. The van der Waals surface area contributed by atoms with Crippen LogP contribution in [0.3, 0.4) is 0 Å². The molecule has 1 fully saturated rings. The van der Waals surface area contributed by atoms with Crippen molar-refractivity contribution >= 4 is 23.6 Å². The number of unbranched alkanes of at least 4 members (excludes halogenated alkanes) is 1. The van der Waals surface area contributed by atoms with Crippen LogP contribution in [-0.2, 0) is 9.59 Å². The zero-order chi connectivity index (χ0) is 15.1. The monoisotopic (exact) mass is 307 g/mol. The summed E-state index contributed by atoms with van der Waals surface area (Å²) in [6.45, 7) is 0.570. The number of hydrogen-bond acceptors (Lipinski definition) is 4. The average molecular weight is 307 g/mol. The van der Waals surface area contributed by atoms with Gasteiger partial charge in [-0.1, -0.05) is 0 Å². The zero-order valence-corrected chi connectivity index (χ0v) is 13.2. The van der Waals surface area contributed by atoms with E-state index in [1.807, 2.05) is 24.3 Å². The minimum Gasteiger partial charge on any atom is -0.497 e. The second-order valence-electron chi connectivity index (χ2n) is 5.02. The van der Waals surface area contributed by atoms with E-state index in [2.05, 4.69) is 0 Å². The van der Waals surface area contributed by atoms with Gasteiger partial charge in [0.25, 0.3) is 0 Å². The number of imide groups is 1. The lowest BCUT2D eigenvalue weighted by Crippen LogP contribution is -2.40. The maximum absolute atomic E-state index is 11.6. The van der Waals surface area contributed by atoms with Gasteiger partial charge in [0.2, 0.25) is 11.8 Å². The number of carbonyl (C=O) groups is 2. The van der Waals surface area contributed by atoms with Crippen molar-refractivity contribution in [1.29, 1.82) is 0 Å². The first-order valence-electron chi connectivity index (χ1n) is 7.31. The highest BCUT2D eigenvalue weighted by molar-refractivity contribution is 7.99. The summed E-state index contributed by atoms with van der Waals surface area (Å²) in [6, 6.07) is 7.99. The summed E-state index contributed by atoms with van der Waals surface area (Å²) in [7, 11) is 1.66. The van der Waals surface area contributed by atoms with Crippen LogP contribution in [0.25, 0.3) is 0 Å². The number of nitrogens with zero attached hydrogens (tertiary/aromatic N) is 1. The van der Waals surface area contributed by atoms with Gasteiger partial charge in [-0.3, -0.25) is 14.5 Å². The molecule has 0 aromatic heterocycles. The lowest BCUT2D eigenvalue weighted by molar-refractivity contribution is -0.147. The molecule has 0 atom stereocenters. The van der Waals surface area contributed by atoms with Crippen molar-refractivity contribution in [3.8, 4) is 5.75 Å². The molecular formula is C16H21NO3S. The van der Waals surface area contributed by atoms with Gasteiger partial charge in [-0.2, -0.15) is 0 Å².